The van der Waals surface area contributed by atoms with E-state index in [-0.39, 0.29) is 18.7 Å². The minimum atomic E-state index is -0.142. The second-order valence-electron chi connectivity index (χ2n) is 5.43. The van der Waals surface area contributed by atoms with Gasteiger partial charge in [0.25, 0.3) is 0 Å². The van der Waals surface area contributed by atoms with E-state index in [1.807, 2.05) is 25.1 Å². The monoisotopic (exact) mass is 292 g/mol. The average Bonchev–Trinajstić information content (AvgIpc) is 2.96. The molecule has 1 aromatic carbocycles. The lowest BCUT2D eigenvalue weighted by Gasteiger charge is -2.23. The molecule has 1 heterocycles. The lowest BCUT2D eigenvalue weighted by Crippen LogP contribution is -2.40. The molecule has 0 radical (unpaired) electrons. The third-order valence-corrected chi connectivity index (χ3v) is 3.76. The van der Waals surface area contributed by atoms with Crippen LogP contribution in [-0.4, -0.2) is 41.8 Å². The summed E-state index contributed by atoms with van der Waals surface area (Å²) in [4.78, 5) is 14.0. The number of urea groups is 1. The van der Waals surface area contributed by atoms with Crippen molar-refractivity contribution in [3.8, 4) is 5.75 Å². The van der Waals surface area contributed by atoms with Crippen LogP contribution < -0.4 is 10.1 Å². The Bertz CT molecular complexity index is 490. The molecular formula is C16H24N2O3. The normalized spacial score (nSPS) is 17.9. The van der Waals surface area contributed by atoms with Gasteiger partial charge in [-0.25, -0.2) is 4.79 Å². The van der Waals surface area contributed by atoms with E-state index in [9.17, 15) is 9.90 Å². The topological polar surface area (TPSA) is 61.8 Å². The van der Waals surface area contributed by atoms with Gasteiger partial charge in [-0.2, -0.15) is 0 Å². The molecule has 2 rings (SSSR count). The Morgan fingerprint density at radius 2 is 2.33 bits per heavy atom. The first kappa shape index (κ1) is 15.6. The number of aryl methyl sites for hydroxylation is 1. The molecule has 2 amide bonds. The van der Waals surface area contributed by atoms with Gasteiger partial charge in [0.15, 0.2) is 0 Å². The number of nitrogens with zero attached hydrogens (tertiary/aromatic N) is 1. The van der Waals surface area contributed by atoms with Crippen LogP contribution in [0, 0.1) is 6.92 Å². The second-order valence-corrected chi connectivity index (χ2v) is 5.43. The van der Waals surface area contributed by atoms with Crippen LogP contribution in [0.2, 0.25) is 0 Å². The average molecular weight is 292 g/mol. The first-order valence-electron chi connectivity index (χ1n) is 7.57. The maximum atomic E-state index is 12.3. The summed E-state index contributed by atoms with van der Waals surface area (Å²) in [6.07, 6.45) is 2.78. The van der Waals surface area contributed by atoms with Gasteiger partial charge in [0.2, 0.25) is 0 Å². The van der Waals surface area contributed by atoms with Gasteiger partial charge in [0.1, 0.15) is 5.75 Å². The largest absolute Gasteiger partial charge is 0.494 e. The number of nitrogens with one attached hydrogen (secondary N) is 1. The Morgan fingerprint density at radius 1 is 1.52 bits per heavy atom. The van der Waals surface area contributed by atoms with Crippen LogP contribution in [0.25, 0.3) is 0 Å². The first-order valence-corrected chi connectivity index (χ1v) is 7.57. The van der Waals surface area contributed by atoms with Crippen molar-refractivity contribution >= 4 is 11.7 Å². The number of carbonyl (C=O) groups excluding carboxylic acids is 1. The van der Waals surface area contributed by atoms with Gasteiger partial charge in [-0.1, -0.05) is 6.92 Å². The molecule has 1 fully saturated rings. The Morgan fingerprint density at radius 3 is 3.00 bits per heavy atom. The molecule has 21 heavy (non-hydrogen) atoms. The van der Waals surface area contributed by atoms with E-state index < -0.39 is 0 Å². The van der Waals surface area contributed by atoms with E-state index in [2.05, 4.69) is 12.2 Å². The lowest BCUT2D eigenvalue weighted by atomic mass is 10.2. The van der Waals surface area contributed by atoms with Crippen molar-refractivity contribution < 1.29 is 14.6 Å². The predicted octanol–water partition coefficient (Wildman–Crippen LogP) is 2.77. The molecule has 0 spiro atoms. The zero-order valence-corrected chi connectivity index (χ0v) is 12.8. The number of benzene rings is 1. The quantitative estimate of drug-likeness (QED) is 0.877. The zero-order chi connectivity index (χ0) is 15.2. The van der Waals surface area contributed by atoms with Crippen molar-refractivity contribution in [1.29, 1.82) is 0 Å². The highest BCUT2D eigenvalue weighted by molar-refractivity contribution is 5.90. The molecule has 116 valence electrons. The molecule has 1 saturated heterocycles. The van der Waals surface area contributed by atoms with Crippen LogP contribution in [-0.2, 0) is 0 Å². The third-order valence-electron chi connectivity index (χ3n) is 3.76. The molecule has 0 aromatic heterocycles. The lowest BCUT2D eigenvalue weighted by molar-refractivity contribution is 0.166. The van der Waals surface area contributed by atoms with Crippen LogP contribution >= 0.6 is 0 Å². The number of aliphatic hydroxyl groups is 1. The van der Waals surface area contributed by atoms with Crippen molar-refractivity contribution in [2.45, 2.75) is 39.2 Å². The van der Waals surface area contributed by atoms with E-state index in [1.54, 1.807) is 4.90 Å². The van der Waals surface area contributed by atoms with Crippen molar-refractivity contribution in [3.05, 3.63) is 23.8 Å². The first-order chi connectivity index (χ1) is 10.2. The van der Waals surface area contributed by atoms with E-state index in [0.717, 1.165) is 36.3 Å². The molecule has 1 atom stereocenters. The van der Waals surface area contributed by atoms with Gasteiger partial charge in [-0.3, -0.25) is 0 Å². The van der Waals surface area contributed by atoms with Crippen molar-refractivity contribution in [3.63, 3.8) is 0 Å². The molecule has 5 heteroatoms. The SMILES string of the molecule is CCCOc1ccc(NC(=O)N2CCC[C@H]2CO)c(C)c1. The van der Waals surface area contributed by atoms with Crippen LogP contribution in [0.15, 0.2) is 18.2 Å². The van der Waals surface area contributed by atoms with E-state index in [1.165, 1.54) is 0 Å². The highest BCUT2D eigenvalue weighted by Crippen LogP contribution is 2.23. The number of hydrogen-bond donors (Lipinski definition) is 2. The zero-order valence-electron chi connectivity index (χ0n) is 12.8. The molecule has 1 aliphatic rings. The molecule has 0 saturated carbocycles. The number of anilines is 1. The third kappa shape index (κ3) is 3.88. The molecule has 5 nitrogen and oxygen atoms in total. The number of aliphatic hydroxyl groups excluding tert-OH is 1. The summed E-state index contributed by atoms with van der Waals surface area (Å²) < 4.78 is 5.57. The number of hydrogen-bond acceptors (Lipinski definition) is 3. The predicted molar refractivity (Wildman–Crippen MR) is 82.8 cm³/mol. The van der Waals surface area contributed by atoms with Crippen LogP contribution in [0.5, 0.6) is 5.75 Å². The fourth-order valence-electron chi connectivity index (χ4n) is 2.57. The van der Waals surface area contributed by atoms with Crippen molar-refractivity contribution in [2.24, 2.45) is 0 Å². The van der Waals surface area contributed by atoms with E-state index in [0.29, 0.717) is 13.2 Å². The molecule has 2 N–H and O–H groups in total. The van der Waals surface area contributed by atoms with Gasteiger partial charge >= 0.3 is 6.03 Å². The standard InChI is InChI=1S/C16H24N2O3/c1-3-9-21-14-6-7-15(12(2)10-14)17-16(20)18-8-4-5-13(18)11-19/h6-7,10,13,19H,3-5,8-9,11H2,1-2H3,(H,17,20)/t13-/m0/s1. The van der Waals surface area contributed by atoms with Gasteiger partial charge < -0.3 is 20.1 Å². The van der Waals surface area contributed by atoms with E-state index in [4.69, 9.17) is 4.74 Å². The smallest absolute Gasteiger partial charge is 0.322 e. The Labute approximate surface area is 125 Å². The maximum absolute atomic E-state index is 12.3. The van der Waals surface area contributed by atoms with Gasteiger partial charge in [-0.05, 0) is 49.9 Å². The summed E-state index contributed by atoms with van der Waals surface area (Å²) in [5, 5.41) is 12.2. The number of rotatable bonds is 5. The number of carbonyl (C=O) groups is 1. The van der Waals surface area contributed by atoms with Gasteiger partial charge in [-0.15, -0.1) is 0 Å². The maximum Gasteiger partial charge on any atom is 0.322 e. The van der Waals surface area contributed by atoms with Crippen molar-refractivity contribution in [2.75, 3.05) is 25.1 Å². The molecule has 0 bridgehead atoms. The molecule has 0 aliphatic carbocycles. The fourth-order valence-corrected chi connectivity index (χ4v) is 2.57. The number of amides is 2. The number of likely N-dealkylation sites (tertiary alicyclic amines) is 1. The highest BCUT2D eigenvalue weighted by Gasteiger charge is 2.28. The fraction of sp³-hybridized carbons (Fsp3) is 0.562. The summed E-state index contributed by atoms with van der Waals surface area (Å²) in [7, 11) is 0. The van der Waals surface area contributed by atoms with Crippen LogP contribution in [0.4, 0.5) is 10.5 Å². The summed E-state index contributed by atoms with van der Waals surface area (Å²) in [5.74, 6) is 0.821. The minimum Gasteiger partial charge on any atom is -0.494 e. The van der Waals surface area contributed by atoms with Crippen LogP contribution in [0.3, 0.4) is 0 Å². The Hall–Kier alpha value is -1.75. The number of ether oxygens (including phenoxy) is 1. The summed E-state index contributed by atoms with van der Waals surface area (Å²) in [5.41, 5.74) is 1.75. The Balaban J connectivity index is 2.00. The molecule has 0 unspecified atom stereocenters. The summed E-state index contributed by atoms with van der Waals surface area (Å²) in [6, 6.07) is 5.46. The van der Waals surface area contributed by atoms with Crippen LogP contribution in [0.1, 0.15) is 31.7 Å². The van der Waals surface area contributed by atoms with E-state index >= 15 is 0 Å². The Kier molecular flexibility index (Phi) is 5.44. The molecule has 1 aromatic rings. The molecular weight excluding hydrogens is 268 g/mol. The van der Waals surface area contributed by atoms with Gasteiger partial charge in [0, 0.05) is 12.2 Å². The summed E-state index contributed by atoms with van der Waals surface area (Å²) in [6.45, 7) is 5.43. The van der Waals surface area contributed by atoms with Crippen molar-refractivity contribution in [1.82, 2.24) is 4.90 Å². The summed E-state index contributed by atoms with van der Waals surface area (Å²) >= 11 is 0. The highest BCUT2D eigenvalue weighted by atomic mass is 16.5. The minimum absolute atomic E-state index is 0.0240. The molecule has 1 aliphatic heterocycles. The second kappa shape index (κ2) is 7.31. The van der Waals surface area contributed by atoms with Gasteiger partial charge in [0.05, 0.1) is 19.3 Å².